The zero-order valence-electron chi connectivity index (χ0n) is 9.30. The summed E-state index contributed by atoms with van der Waals surface area (Å²) in [6.45, 7) is 2.47. The Morgan fingerprint density at radius 2 is 2.06 bits per heavy atom. The van der Waals surface area contributed by atoms with E-state index in [1.807, 2.05) is 31.2 Å². The van der Waals surface area contributed by atoms with Gasteiger partial charge in [-0.25, -0.2) is 4.79 Å². The number of benzene rings is 1. The standard InChI is InChI=1S/C12H12N2O2S/c1-8-2-4-9(5-3-8)7-14-10(11(15)16)6-13-12(14)17/h2-6H,7H2,1H3,(H,13,17)(H,15,16). The molecule has 5 heteroatoms. The lowest BCUT2D eigenvalue weighted by Gasteiger charge is -2.05. The minimum absolute atomic E-state index is 0.176. The van der Waals surface area contributed by atoms with E-state index in [1.165, 1.54) is 11.8 Å². The van der Waals surface area contributed by atoms with Crippen molar-refractivity contribution in [2.45, 2.75) is 13.5 Å². The number of H-pyrrole nitrogens is 1. The quantitative estimate of drug-likeness (QED) is 0.821. The molecule has 0 radical (unpaired) electrons. The Morgan fingerprint density at radius 1 is 1.41 bits per heavy atom. The fraction of sp³-hybridized carbons (Fsp3) is 0.167. The number of nitrogens with zero attached hydrogens (tertiary/aromatic N) is 1. The number of imidazole rings is 1. The van der Waals surface area contributed by atoms with Gasteiger partial charge < -0.3 is 14.7 Å². The number of aromatic nitrogens is 2. The van der Waals surface area contributed by atoms with Gasteiger partial charge in [0, 0.05) is 6.20 Å². The van der Waals surface area contributed by atoms with Crippen molar-refractivity contribution in [3.8, 4) is 0 Å². The summed E-state index contributed by atoms with van der Waals surface area (Å²) in [4.78, 5) is 13.7. The van der Waals surface area contributed by atoms with Crippen LogP contribution in [0.25, 0.3) is 0 Å². The van der Waals surface area contributed by atoms with Crippen LogP contribution in [0.4, 0.5) is 0 Å². The summed E-state index contributed by atoms with van der Waals surface area (Å²) in [5.74, 6) is -0.982. The number of carbonyl (C=O) groups is 1. The topological polar surface area (TPSA) is 58.0 Å². The number of hydrogen-bond donors (Lipinski definition) is 2. The van der Waals surface area contributed by atoms with Gasteiger partial charge in [0.2, 0.25) is 0 Å². The van der Waals surface area contributed by atoms with Crippen molar-refractivity contribution in [1.29, 1.82) is 0 Å². The zero-order valence-corrected chi connectivity index (χ0v) is 10.1. The molecule has 2 aromatic rings. The van der Waals surface area contributed by atoms with E-state index in [2.05, 4.69) is 4.98 Å². The maximum atomic E-state index is 11.0. The molecule has 0 saturated heterocycles. The van der Waals surface area contributed by atoms with Crippen LogP contribution in [0.2, 0.25) is 0 Å². The highest BCUT2D eigenvalue weighted by molar-refractivity contribution is 7.71. The van der Waals surface area contributed by atoms with E-state index in [0.717, 1.165) is 5.56 Å². The monoisotopic (exact) mass is 248 g/mol. The molecular formula is C12H12N2O2S. The second kappa shape index (κ2) is 4.55. The first-order chi connectivity index (χ1) is 8.08. The summed E-state index contributed by atoms with van der Waals surface area (Å²) in [5.41, 5.74) is 2.37. The number of aromatic amines is 1. The van der Waals surface area contributed by atoms with Crippen LogP contribution in [0.3, 0.4) is 0 Å². The van der Waals surface area contributed by atoms with E-state index in [-0.39, 0.29) is 5.69 Å². The Labute approximate surface area is 104 Å². The van der Waals surface area contributed by atoms with E-state index in [1.54, 1.807) is 4.57 Å². The van der Waals surface area contributed by atoms with Crippen LogP contribution in [0, 0.1) is 11.7 Å². The van der Waals surface area contributed by atoms with Gasteiger partial charge in [0.25, 0.3) is 0 Å². The Morgan fingerprint density at radius 3 is 2.65 bits per heavy atom. The van der Waals surface area contributed by atoms with E-state index in [9.17, 15) is 4.79 Å². The Bertz CT molecular complexity index is 596. The van der Waals surface area contributed by atoms with Crippen molar-refractivity contribution < 1.29 is 9.90 Å². The van der Waals surface area contributed by atoms with Gasteiger partial charge in [0.15, 0.2) is 4.77 Å². The summed E-state index contributed by atoms with van der Waals surface area (Å²) in [6.07, 6.45) is 1.42. The summed E-state index contributed by atoms with van der Waals surface area (Å²) < 4.78 is 1.99. The lowest BCUT2D eigenvalue weighted by atomic mass is 10.1. The van der Waals surface area contributed by atoms with Crippen molar-refractivity contribution in [3.05, 3.63) is 52.1 Å². The normalized spacial score (nSPS) is 10.4. The van der Waals surface area contributed by atoms with Gasteiger partial charge in [0.05, 0.1) is 6.54 Å². The van der Waals surface area contributed by atoms with E-state index < -0.39 is 5.97 Å². The van der Waals surface area contributed by atoms with E-state index in [4.69, 9.17) is 17.3 Å². The number of hydrogen-bond acceptors (Lipinski definition) is 2. The molecule has 2 N–H and O–H groups in total. The molecule has 1 aromatic carbocycles. The maximum absolute atomic E-state index is 11.0. The van der Waals surface area contributed by atoms with Crippen LogP contribution < -0.4 is 0 Å². The first kappa shape index (κ1) is 11.6. The van der Waals surface area contributed by atoms with Gasteiger partial charge in [-0.1, -0.05) is 29.8 Å². The van der Waals surface area contributed by atoms with Crippen LogP contribution >= 0.6 is 12.2 Å². The van der Waals surface area contributed by atoms with Gasteiger partial charge in [-0.2, -0.15) is 0 Å². The molecule has 0 atom stereocenters. The molecule has 0 bridgehead atoms. The Kier molecular flexibility index (Phi) is 3.10. The highest BCUT2D eigenvalue weighted by atomic mass is 32.1. The summed E-state index contributed by atoms with van der Waals surface area (Å²) in [5, 5.41) is 9.01. The molecule has 0 aliphatic rings. The molecule has 4 nitrogen and oxygen atoms in total. The molecule has 0 fully saturated rings. The van der Waals surface area contributed by atoms with Gasteiger partial charge in [-0.15, -0.1) is 0 Å². The van der Waals surface area contributed by atoms with Crippen LogP contribution in [-0.4, -0.2) is 20.6 Å². The minimum atomic E-state index is -0.982. The molecule has 88 valence electrons. The number of carboxylic acids is 1. The van der Waals surface area contributed by atoms with E-state index >= 15 is 0 Å². The predicted octanol–water partition coefficient (Wildman–Crippen LogP) is 2.60. The number of aryl methyl sites for hydroxylation is 1. The second-order valence-electron chi connectivity index (χ2n) is 3.86. The molecular weight excluding hydrogens is 236 g/mol. The predicted molar refractivity (Wildman–Crippen MR) is 66.9 cm³/mol. The number of carboxylic acid groups (broad SMARTS) is 1. The van der Waals surface area contributed by atoms with Crippen LogP contribution in [0.1, 0.15) is 21.6 Å². The van der Waals surface area contributed by atoms with Crippen LogP contribution in [-0.2, 0) is 6.54 Å². The van der Waals surface area contributed by atoms with Crippen molar-refractivity contribution in [2.24, 2.45) is 0 Å². The lowest BCUT2D eigenvalue weighted by Crippen LogP contribution is -2.09. The SMILES string of the molecule is Cc1ccc(Cn2c(C(=O)O)c[nH]c2=S)cc1. The summed E-state index contributed by atoms with van der Waals surface area (Å²) in [6, 6.07) is 7.92. The van der Waals surface area contributed by atoms with Crippen LogP contribution in [0.15, 0.2) is 30.5 Å². The molecule has 0 amide bonds. The first-order valence-electron chi connectivity index (χ1n) is 5.15. The lowest BCUT2D eigenvalue weighted by molar-refractivity contribution is 0.0685. The molecule has 0 aliphatic carbocycles. The van der Waals surface area contributed by atoms with Crippen molar-refractivity contribution in [1.82, 2.24) is 9.55 Å². The van der Waals surface area contributed by atoms with Crippen LogP contribution in [0.5, 0.6) is 0 Å². The summed E-state index contributed by atoms with van der Waals surface area (Å²) >= 11 is 5.06. The third kappa shape index (κ3) is 2.45. The largest absolute Gasteiger partial charge is 0.477 e. The Hall–Kier alpha value is -1.88. The van der Waals surface area contributed by atoms with Crippen molar-refractivity contribution in [3.63, 3.8) is 0 Å². The van der Waals surface area contributed by atoms with Crippen molar-refractivity contribution in [2.75, 3.05) is 0 Å². The molecule has 0 unspecified atom stereocenters. The molecule has 1 heterocycles. The molecule has 0 aliphatic heterocycles. The smallest absolute Gasteiger partial charge is 0.354 e. The van der Waals surface area contributed by atoms with Gasteiger partial charge in [-0.3, -0.25) is 0 Å². The average molecular weight is 248 g/mol. The third-order valence-corrected chi connectivity index (χ3v) is 2.89. The maximum Gasteiger partial charge on any atom is 0.354 e. The third-order valence-electron chi connectivity index (χ3n) is 2.55. The minimum Gasteiger partial charge on any atom is -0.477 e. The number of aromatic carboxylic acids is 1. The molecule has 0 spiro atoms. The van der Waals surface area contributed by atoms with Crippen molar-refractivity contribution >= 4 is 18.2 Å². The van der Waals surface area contributed by atoms with Gasteiger partial charge in [0.1, 0.15) is 5.69 Å². The molecule has 0 saturated carbocycles. The number of nitrogens with one attached hydrogen (secondary N) is 1. The number of rotatable bonds is 3. The summed E-state index contributed by atoms with van der Waals surface area (Å²) in [7, 11) is 0. The first-order valence-corrected chi connectivity index (χ1v) is 5.56. The average Bonchev–Trinajstić information content (AvgIpc) is 2.64. The van der Waals surface area contributed by atoms with Gasteiger partial charge in [-0.05, 0) is 24.7 Å². The fourth-order valence-corrected chi connectivity index (χ4v) is 1.83. The molecule has 2 rings (SSSR count). The highest BCUT2D eigenvalue weighted by Gasteiger charge is 2.11. The molecule has 1 aromatic heterocycles. The van der Waals surface area contributed by atoms with E-state index in [0.29, 0.717) is 11.3 Å². The molecule has 17 heavy (non-hydrogen) atoms. The zero-order chi connectivity index (χ0) is 12.4. The fourth-order valence-electron chi connectivity index (χ4n) is 1.61. The Balaban J connectivity index is 2.36. The second-order valence-corrected chi connectivity index (χ2v) is 4.24. The van der Waals surface area contributed by atoms with Gasteiger partial charge >= 0.3 is 5.97 Å². The highest BCUT2D eigenvalue weighted by Crippen LogP contribution is 2.09.